The maximum atomic E-state index is 13.3. The Balaban J connectivity index is 1.83. The molecule has 0 aliphatic carbocycles. The second-order valence-electron chi connectivity index (χ2n) is 6.79. The Morgan fingerprint density at radius 3 is 2.42 bits per heavy atom. The molecular weight excluding hydrogens is 459 g/mol. The van der Waals surface area contributed by atoms with Crippen molar-refractivity contribution in [2.45, 2.75) is 17.5 Å². The third-order valence-electron chi connectivity index (χ3n) is 4.89. The Hall–Kier alpha value is -2.24. The van der Waals surface area contributed by atoms with Crippen molar-refractivity contribution in [2.24, 2.45) is 0 Å². The van der Waals surface area contributed by atoms with Gasteiger partial charge in [0.1, 0.15) is 22.2 Å². The van der Waals surface area contributed by atoms with E-state index in [-0.39, 0.29) is 41.1 Å². The maximum Gasteiger partial charge on any atom is 0.417 e. The van der Waals surface area contributed by atoms with Crippen LogP contribution in [-0.2, 0) is 16.2 Å². The molecule has 170 valence electrons. The number of ether oxygens (including phenoxy) is 2. The first-order valence-corrected chi connectivity index (χ1v) is 11.1. The van der Waals surface area contributed by atoms with Crippen LogP contribution >= 0.6 is 11.6 Å². The van der Waals surface area contributed by atoms with Crippen molar-refractivity contribution in [3.63, 3.8) is 0 Å². The monoisotopic (exact) mass is 479 g/mol. The Labute approximate surface area is 183 Å². The second-order valence-corrected chi connectivity index (χ2v) is 9.10. The number of anilines is 1. The first-order chi connectivity index (χ1) is 14.6. The summed E-state index contributed by atoms with van der Waals surface area (Å²) in [5.41, 5.74) is -0.939. The number of rotatable bonds is 5. The van der Waals surface area contributed by atoms with Crippen LogP contribution in [0.15, 0.2) is 35.4 Å². The number of hydrogen-bond donors (Lipinski definition) is 0. The number of hydrogen-bond acceptors (Lipinski definition) is 6. The Morgan fingerprint density at radius 1 is 1.06 bits per heavy atom. The van der Waals surface area contributed by atoms with Gasteiger partial charge in [0.05, 0.1) is 24.8 Å². The molecule has 0 N–H and O–H groups in total. The SMILES string of the molecule is COc1ccc(OC)c(S(=O)(=O)N2CCCN(c3ncc(C(F)(F)F)cc3Cl)CC2)c1. The van der Waals surface area contributed by atoms with E-state index in [1.165, 1.54) is 30.7 Å². The number of alkyl halides is 3. The van der Waals surface area contributed by atoms with Crippen molar-refractivity contribution in [3.8, 4) is 11.5 Å². The van der Waals surface area contributed by atoms with Crippen molar-refractivity contribution in [2.75, 3.05) is 45.3 Å². The first-order valence-electron chi connectivity index (χ1n) is 9.28. The largest absolute Gasteiger partial charge is 0.497 e. The zero-order chi connectivity index (χ0) is 22.8. The van der Waals surface area contributed by atoms with E-state index in [2.05, 4.69) is 4.98 Å². The predicted octanol–water partition coefficient (Wildman–Crippen LogP) is 3.67. The van der Waals surface area contributed by atoms with E-state index in [1.54, 1.807) is 11.0 Å². The van der Waals surface area contributed by atoms with E-state index in [0.717, 1.165) is 12.3 Å². The predicted molar refractivity (Wildman–Crippen MR) is 109 cm³/mol. The highest BCUT2D eigenvalue weighted by Gasteiger charge is 2.33. The van der Waals surface area contributed by atoms with Gasteiger partial charge in [0.15, 0.2) is 0 Å². The number of benzene rings is 1. The average molecular weight is 480 g/mol. The van der Waals surface area contributed by atoms with E-state index in [0.29, 0.717) is 18.7 Å². The molecule has 3 rings (SSSR count). The number of aromatic nitrogens is 1. The lowest BCUT2D eigenvalue weighted by molar-refractivity contribution is -0.137. The van der Waals surface area contributed by atoms with Crippen LogP contribution in [0.4, 0.5) is 19.0 Å². The van der Waals surface area contributed by atoms with Gasteiger partial charge in [-0.05, 0) is 24.6 Å². The van der Waals surface area contributed by atoms with Crippen molar-refractivity contribution in [1.82, 2.24) is 9.29 Å². The molecule has 7 nitrogen and oxygen atoms in total. The lowest BCUT2D eigenvalue weighted by Crippen LogP contribution is -2.35. The smallest absolute Gasteiger partial charge is 0.417 e. The molecule has 2 heterocycles. The van der Waals surface area contributed by atoms with Gasteiger partial charge in [-0.1, -0.05) is 11.6 Å². The third-order valence-corrected chi connectivity index (χ3v) is 7.09. The van der Waals surface area contributed by atoms with Gasteiger partial charge >= 0.3 is 6.18 Å². The fourth-order valence-electron chi connectivity index (χ4n) is 3.29. The Kier molecular flexibility index (Phi) is 6.87. The van der Waals surface area contributed by atoms with Crippen molar-refractivity contribution in [3.05, 3.63) is 41.0 Å². The molecule has 0 atom stereocenters. The van der Waals surface area contributed by atoms with Gasteiger partial charge < -0.3 is 14.4 Å². The Morgan fingerprint density at radius 2 is 1.81 bits per heavy atom. The summed E-state index contributed by atoms with van der Waals surface area (Å²) in [6.07, 6.45) is -3.39. The number of sulfonamides is 1. The lowest BCUT2D eigenvalue weighted by Gasteiger charge is -2.24. The minimum Gasteiger partial charge on any atom is -0.497 e. The molecule has 1 aromatic heterocycles. The minimum absolute atomic E-state index is 0.0199. The number of halogens is 4. The molecule has 0 amide bonds. The van der Waals surface area contributed by atoms with Gasteiger partial charge in [0, 0.05) is 38.4 Å². The lowest BCUT2D eigenvalue weighted by atomic mass is 10.2. The molecule has 2 aromatic rings. The Bertz CT molecular complexity index is 1050. The normalized spacial score (nSPS) is 16.1. The summed E-state index contributed by atoms with van der Waals surface area (Å²) in [4.78, 5) is 5.54. The van der Waals surface area contributed by atoms with Crippen molar-refractivity contribution in [1.29, 1.82) is 0 Å². The van der Waals surface area contributed by atoms with E-state index in [4.69, 9.17) is 21.1 Å². The summed E-state index contributed by atoms with van der Waals surface area (Å²) >= 11 is 6.05. The van der Waals surface area contributed by atoms with E-state index in [1.807, 2.05) is 0 Å². The number of methoxy groups -OCH3 is 2. The number of nitrogens with zero attached hydrogens (tertiary/aromatic N) is 3. The topological polar surface area (TPSA) is 72.0 Å². The van der Waals surface area contributed by atoms with Crippen LogP contribution < -0.4 is 14.4 Å². The van der Waals surface area contributed by atoms with Crippen LogP contribution in [-0.4, -0.2) is 58.1 Å². The van der Waals surface area contributed by atoms with Crippen LogP contribution in [0, 0.1) is 0 Å². The summed E-state index contributed by atoms with van der Waals surface area (Å²) in [5.74, 6) is 0.749. The fraction of sp³-hybridized carbons (Fsp3) is 0.421. The molecular formula is C19H21ClF3N3O4S. The highest BCUT2D eigenvalue weighted by atomic mass is 35.5. The van der Waals surface area contributed by atoms with Gasteiger partial charge in [0.2, 0.25) is 10.0 Å². The van der Waals surface area contributed by atoms with Gasteiger partial charge in [-0.3, -0.25) is 0 Å². The molecule has 0 saturated carbocycles. The zero-order valence-corrected chi connectivity index (χ0v) is 18.4. The first kappa shape index (κ1) is 23.4. The number of pyridine rings is 1. The minimum atomic E-state index is -4.55. The third kappa shape index (κ3) is 4.99. The molecule has 0 radical (unpaired) electrons. The molecule has 1 aromatic carbocycles. The van der Waals surface area contributed by atoms with Crippen molar-refractivity contribution < 1.29 is 31.1 Å². The van der Waals surface area contributed by atoms with Gasteiger partial charge in [0.25, 0.3) is 0 Å². The highest BCUT2D eigenvalue weighted by molar-refractivity contribution is 7.89. The van der Waals surface area contributed by atoms with Crippen LogP contribution in [0.1, 0.15) is 12.0 Å². The molecule has 0 spiro atoms. The van der Waals surface area contributed by atoms with Gasteiger partial charge in [-0.25, -0.2) is 13.4 Å². The molecule has 1 aliphatic heterocycles. The average Bonchev–Trinajstić information content (AvgIpc) is 2.99. The van der Waals surface area contributed by atoms with E-state index < -0.39 is 21.8 Å². The van der Waals surface area contributed by atoms with Gasteiger partial charge in [-0.2, -0.15) is 17.5 Å². The van der Waals surface area contributed by atoms with Gasteiger partial charge in [-0.15, -0.1) is 0 Å². The zero-order valence-electron chi connectivity index (χ0n) is 16.8. The molecule has 0 unspecified atom stereocenters. The molecule has 31 heavy (non-hydrogen) atoms. The van der Waals surface area contributed by atoms with Crippen molar-refractivity contribution >= 4 is 27.4 Å². The molecule has 1 saturated heterocycles. The standard InChI is InChI=1S/C19H21ClF3N3O4S/c1-29-14-4-5-16(30-2)17(11-14)31(27,28)26-7-3-6-25(8-9-26)18-15(20)10-13(12-24-18)19(21,22)23/h4-5,10-12H,3,6-9H2,1-2H3. The molecule has 12 heteroatoms. The summed E-state index contributed by atoms with van der Waals surface area (Å²) in [6.45, 7) is 0.919. The van der Waals surface area contributed by atoms with Crippen LogP contribution in [0.25, 0.3) is 0 Å². The van der Waals surface area contributed by atoms with Crippen LogP contribution in [0.5, 0.6) is 11.5 Å². The molecule has 1 fully saturated rings. The maximum absolute atomic E-state index is 13.3. The van der Waals surface area contributed by atoms with Crippen LogP contribution in [0.3, 0.4) is 0 Å². The summed E-state index contributed by atoms with van der Waals surface area (Å²) in [5, 5.41) is -0.138. The second kappa shape index (κ2) is 9.09. The molecule has 1 aliphatic rings. The van der Waals surface area contributed by atoms with Crippen LogP contribution in [0.2, 0.25) is 5.02 Å². The highest BCUT2D eigenvalue weighted by Crippen LogP contribution is 2.35. The quantitative estimate of drug-likeness (QED) is 0.651. The molecule has 0 bridgehead atoms. The summed E-state index contributed by atoms with van der Waals surface area (Å²) < 4.78 is 76.7. The van der Waals surface area contributed by atoms with E-state index in [9.17, 15) is 21.6 Å². The summed E-state index contributed by atoms with van der Waals surface area (Å²) in [7, 11) is -1.09. The van der Waals surface area contributed by atoms with E-state index >= 15 is 0 Å². The summed E-state index contributed by atoms with van der Waals surface area (Å²) in [6, 6.07) is 5.33. The fourth-order valence-corrected chi connectivity index (χ4v) is 5.22.